The van der Waals surface area contributed by atoms with Crippen LogP contribution in [0.4, 0.5) is 0 Å². The van der Waals surface area contributed by atoms with E-state index < -0.39 is 0 Å². The van der Waals surface area contributed by atoms with Crippen molar-refractivity contribution in [1.82, 2.24) is 0 Å². The van der Waals surface area contributed by atoms with Gasteiger partial charge < -0.3 is 0 Å². The Morgan fingerprint density at radius 2 is 1.78 bits per heavy atom. The fourth-order valence-corrected chi connectivity index (χ4v) is 2.18. The van der Waals surface area contributed by atoms with Crippen molar-refractivity contribution in [2.24, 2.45) is 0 Å². The van der Waals surface area contributed by atoms with Gasteiger partial charge in [-0.1, -0.05) is 30.3 Å². The minimum Gasteiger partial charge on any atom is -0.198 e. The molecule has 18 heavy (non-hydrogen) atoms. The molecule has 1 heteroatoms. The van der Waals surface area contributed by atoms with E-state index in [2.05, 4.69) is 63.2 Å². The first-order chi connectivity index (χ1) is 8.63. The summed E-state index contributed by atoms with van der Waals surface area (Å²) in [6.07, 6.45) is 0.477. The molecular formula is C17H17N. The van der Waals surface area contributed by atoms with E-state index in [4.69, 9.17) is 5.26 Å². The first-order valence-electron chi connectivity index (χ1n) is 6.16. The van der Waals surface area contributed by atoms with Crippen molar-refractivity contribution < 1.29 is 0 Å². The maximum atomic E-state index is 8.85. The van der Waals surface area contributed by atoms with Gasteiger partial charge in [0.1, 0.15) is 0 Å². The molecule has 2 rings (SSSR count). The molecule has 0 saturated carbocycles. The van der Waals surface area contributed by atoms with Crippen LogP contribution in [0.5, 0.6) is 0 Å². The van der Waals surface area contributed by atoms with Crippen LogP contribution in [0, 0.1) is 32.1 Å². The molecule has 2 aromatic carbocycles. The largest absolute Gasteiger partial charge is 0.198 e. The van der Waals surface area contributed by atoms with Gasteiger partial charge in [-0.2, -0.15) is 5.26 Å². The van der Waals surface area contributed by atoms with Crippen molar-refractivity contribution in [2.45, 2.75) is 27.2 Å². The second-order valence-corrected chi connectivity index (χ2v) is 4.72. The summed E-state index contributed by atoms with van der Waals surface area (Å²) in [6.45, 7) is 6.33. The van der Waals surface area contributed by atoms with Gasteiger partial charge in [0.25, 0.3) is 0 Å². The van der Waals surface area contributed by atoms with Crippen molar-refractivity contribution in [2.75, 3.05) is 0 Å². The highest BCUT2D eigenvalue weighted by Gasteiger charge is 2.06. The van der Waals surface area contributed by atoms with Crippen LogP contribution in [-0.2, 0) is 6.42 Å². The Hall–Kier alpha value is -2.07. The van der Waals surface area contributed by atoms with Gasteiger partial charge in [-0.05, 0) is 60.2 Å². The van der Waals surface area contributed by atoms with Crippen molar-refractivity contribution in [3.05, 3.63) is 58.7 Å². The van der Waals surface area contributed by atoms with Crippen LogP contribution >= 0.6 is 0 Å². The summed E-state index contributed by atoms with van der Waals surface area (Å²) < 4.78 is 0. The molecule has 0 bridgehead atoms. The maximum absolute atomic E-state index is 8.85. The summed E-state index contributed by atoms with van der Waals surface area (Å²) >= 11 is 0. The summed E-state index contributed by atoms with van der Waals surface area (Å²) in [5.41, 5.74) is 7.38. The van der Waals surface area contributed by atoms with Crippen LogP contribution in [0.2, 0.25) is 0 Å². The van der Waals surface area contributed by atoms with Crippen molar-refractivity contribution >= 4 is 0 Å². The third-order valence-electron chi connectivity index (χ3n) is 3.53. The first kappa shape index (κ1) is 12.4. The van der Waals surface area contributed by atoms with E-state index in [0.29, 0.717) is 6.42 Å². The van der Waals surface area contributed by atoms with E-state index in [-0.39, 0.29) is 0 Å². The van der Waals surface area contributed by atoms with Gasteiger partial charge in [0.05, 0.1) is 12.5 Å². The maximum Gasteiger partial charge on any atom is 0.0669 e. The summed E-state index contributed by atoms with van der Waals surface area (Å²) in [4.78, 5) is 0. The SMILES string of the molecule is Cc1ccc(-c2cccc(C)c2C)cc1CC#N. The number of aryl methyl sites for hydroxylation is 2. The predicted octanol–water partition coefficient (Wildman–Crippen LogP) is 4.34. The molecule has 0 unspecified atom stereocenters. The zero-order valence-electron chi connectivity index (χ0n) is 11.1. The molecule has 0 saturated heterocycles. The Kier molecular flexibility index (Phi) is 3.48. The average Bonchev–Trinajstić information content (AvgIpc) is 2.36. The standard InChI is InChI=1S/C17H17N/c1-12-5-4-6-17(14(12)3)16-8-7-13(2)15(11-16)9-10-18/h4-8,11H,9H2,1-3H3. The van der Waals surface area contributed by atoms with Crippen LogP contribution in [0.15, 0.2) is 36.4 Å². The lowest BCUT2D eigenvalue weighted by Crippen LogP contribution is -1.91. The quantitative estimate of drug-likeness (QED) is 0.759. The summed E-state index contributed by atoms with van der Waals surface area (Å²) in [7, 11) is 0. The fourth-order valence-electron chi connectivity index (χ4n) is 2.18. The van der Waals surface area contributed by atoms with E-state index in [0.717, 1.165) is 5.56 Å². The zero-order chi connectivity index (χ0) is 13.1. The molecule has 0 aliphatic carbocycles. The highest BCUT2D eigenvalue weighted by molar-refractivity contribution is 5.69. The number of rotatable bonds is 2. The normalized spacial score (nSPS) is 10.1. The molecule has 0 aromatic heterocycles. The van der Waals surface area contributed by atoms with Gasteiger partial charge in [-0.25, -0.2) is 0 Å². The lowest BCUT2D eigenvalue weighted by molar-refractivity contribution is 1.21. The third kappa shape index (κ3) is 2.28. The Morgan fingerprint density at radius 3 is 2.50 bits per heavy atom. The molecule has 0 amide bonds. The minimum absolute atomic E-state index is 0.477. The van der Waals surface area contributed by atoms with E-state index in [1.807, 2.05) is 0 Å². The number of nitrogens with zero attached hydrogens (tertiary/aromatic N) is 1. The number of nitriles is 1. The monoisotopic (exact) mass is 235 g/mol. The zero-order valence-corrected chi connectivity index (χ0v) is 11.1. The smallest absolute Gasteiger partial charge is 0.0669 e. The molecule has 0 aliphatic heterocycles. The Labute approximate surface area is 109 Å². The highest BCUT2D eigenvalue weighted by Crippen LogP contribution is 2.27. The van der Waals surface area contributed by atoms with Crippen LogP contribution in [0.25, 0.3) is 11.1 Å². The lowest BCUT2D eigenvalue weighted by Gasteiger charge is -2.11. The molecule has 0 spiro atoms. The fraction of sp³-hybridized carbons (Fsp3) is 0.235. The predicted molar refractivity (Wildman–Crippen MR) is 75.4 cm³/mol. The second-order valence-electron chi connectivity index (χ2n) is 4.72. The Bertz CT molecular complexity index is 618. The van der Waals surface area contributed by atoms with Crippen molar-refractivity contribution in [3.8, 4) is 17.2 Å². The van der Waals surface area contributed by atoms with E-state index in [9.17, 15) is 0 Å². The van der Waals surface area contributed by atoms with Crippen LogP contribution in [-0.4, -0.2) is 0 Å². The molecule has 0 N–H and O–H groups in total. The molecule has 1 nitrogen and oxygen atoms in total. The molecule has 0 fully saturated rings. The number of benzene rings is 2. The van der Waals surface area contributed by atoms with Crippen molar-refractivity contribution in [3.63, 3.8) is 0 Å². The molecule has 0 atom stereocenters. The van der Waals surface area contributed by atoms with E-state index in [1.165, 1.54) is 27.8 Å². The van der Waals surface area contributed by atoms with Gasteiger partial charge in [0.2, 0.25) is 0 Å². The van der Waals surface area contributed by atoms with Gasteiger partial charge in [0, 0.05) is 0 Å². The van der Waals surface area contributed by atoms with Gasteiger partial charge in [-0.15, -0.1) is 0 Å². The molecule has 0 aliphatic rings. The molecule has 0 heterocycles. The van der Waals surface area contributed by atoms with Gasteiger partial charge >= 0.3 is 0 Å². The number of hydrogen-bond acceptors (Lipinski definition) is 1. The average molecular weight is 235 g/mol. The van der Waals surface area contributed by atoms with E-state index >= 15 is 0 Å². The van der Waals surface area contributed by atoms with Crippen LogP contribution < -0.4 is 0 Å². The van der Waals surface area contributed by atoms with Crippen LogP contribution in [0.1, 0.15) is 22.3 Å². The van der Waals surface area contributed by atoms with Crippen molar-refractivity contribution in [1.29, 1.82) is 5.26 Å². The summed E-state index contributed by atoms with van der Waals surface area (Å²) in [6, 6.07) is 15.0. The number of hydrogen-bond donors (Lipinski definition) is 0. The van der Waals surface area contributed by atoms with Crippen LogP contribution in [0.3, 0.4) is 0 Å². The molecule has 2 aromatic rings. The summed E-state index contributed by atoms with van der Waals surface area (Å²) in [5, 5.41) is 8.85. The topological polar surface area (TPSA) is 23.8 Å². The molecular weight excluding hydrogens is 218 g/mol. The molecule has 90 valence electrons. The molecule has 0 radical (unpaired) electrons. The first-order valence-corrected chi connectivity index (χ1v) is 6.16. The minimum atomic E-state index is 0.477. The summed E-state index contributed by atoms with van der Waals surface area (Å²) in [5.74, 6) is 0. The third-order valence-corrected chi connectivity index (χ3v) is 3.53. The van der Waals surface area contributed by atoms with E-state index in [1.54, 1.807) is 0 Å². The highest BCUT2D eigenvalue weighted by atomic mass is 14.2. The Balaban J connectivity index is 2.55. The lowest BCUT2D eigenvalue weighted by atomic mass is 9.94. The second kappa shape index (κ2) is 5.06. The van der Waals surface area contributed by atoms with Gasteiger partial charge in [0.15, 0.2) is 0 Å². The Morgan fingerprint density at radius 1 is 1.00 bits per heavy atom. The van der Waals surface area contributed by atoms with Gasteiger partial charge in [-0.3, -0.25) is 0 Å².